The smallest absolute Gasteiger partial charge is 0.330 e. The van der Waals surface area contributed by atoms with Crippen molar-refractivity contribution in [2.24, 2.45) is 35.5 Å². The molecule has 0 unspecified atom stereocenters. The second-order valence-corrected chi connectivity index (χ2v) is 18.1. The molecule has 4 aliphatic rings. The van der Waals surface area contributed by atoms with Gasteiger partial charge in [-0.25, -0.2) is 9.59 Å². The molecule has 4 aliphatic carbocycles. The van der Waals surface area contributed by atoms with Crippen molar-refractivity contribution in [3.05, 3.63) is 49.1 Å². The van der Waals surface area contributed by atoms with E-state index in [0.29, 0.717) is 135 Å². The second-order valence-electron chi connectivity index (χ2n) is 18.1. The molecule has 4 fully saturated rings. The van der Waals surface area contributed by atoms with Crippen LogP contribution < -0.4 is 9.47 Å². The van der Waals surface area contributed by atoms with Gasteiger partial charge in [0.15, 0.2) is 6.29 Å². The molecule has 0 amide bonds. The zero-order valence-corrected chi connectivity index (χ0v) is 38.9. The summed E-state index contributed by atoms with van der Waals surface area (Å²) in [5.74, 6) is -5.17. The quantitative estimate of drug-likeness (QED) is 0.0263. The lowest BCUT2D eigenvalue weighted by Crippen LogP contribution is -2.33. The number of esters is 8. The first-order chi connectivity index (χ1) is 32.9. The second kappa shape index (κ2) is 27.8. The maximum Gasteiger partial charge on any atom is 0.330 e. The minimum absolute atomic E-state index is 0.0298. The molecule has 0 atom stereocenters. The summed E-state index contributed by atoms with van der Waals surface area (Å²) in [5, 5.41) is 0. The van der Waals surface area contributed by atoms with E-state index in [4.69, 9.17) is 37.9 Å². The summed E-state index contributed by atoms with van der Waals surface area (Å²) < 4.78 is 43.4. The Morgan fingerprint density at radius 1 is 0.441 bits per heavy atom. The van der Waals surface area contributed by atoms with Gasteiger partial charge < -0.3 is 37.9 Å². The van der Waals surface area contributed by atoms with E-state index < -0.39 is 35.7 Å². The fourth-order valence-corrected chi connectivity index (χ4v) is 9.10. The van der Waals surface area contributed by atoms with Gasteiger partial charge in [0, 0.05) is 12.2 Å². The number of carbonyl (C=O) groups is 9. The number of hydrogen-bond donors (Lipinski definition) is 0. The third-order valence-electron chi connectivity index (χ3n) is 13.3. The Balaban J connectivity index is 0.936. The number of ether oxygens (including phenoxy) is 8. The van der Waals surface area contributed by atoms with Crippen LogP contribution in [-0.4, -0.2) is 92.7 Å². The molecule has 0 N–H and O–H groups in total. The van der Waals surface area contributed by atoms with Crippen LogP contribution >= 0.6 is 0 Å². The Bertz CT molecular complexity index is 1920. The van der Waals surface area contributed by atoms with Crippen LogP contribution in [0, 0.1) is 35.5 Å². The number of carbonyl (C=O) groups excluding carboxylic acids is 9. The number of benzene rings is 1. The predicted molar refractivity (Wildman–Crippen MR) is 240 cm³/mol. The average molecular weight is 951 g/mol. The van der Waals surface area contributed by atoms with Gasteiger partial charge in [0.25, 0.3) is 0 Å². The maximum absolute atomic E-state index is 13.2. The molecule has 0 spiro atoms. The number of rotatable bonds is 23. The zero-order chi connectivity index (χ0) is 48.8. The monoisotopic (exact) mass is 950 g/mol. The minimum atomic E-state index is -0.524. The lowest BCUT2D eigenvalue weighted by atomic mass is 9.82. The molecule has 68 heavy (non-hydrogen) atoms. The van der Waals surface area contributed by atoms with Crippen LogP contribution in [0.3, 0.4) is 0 Å². The van der Waals surface area contributed by atoms with Gasteiger partial charge >= 0.3 is 47.8 Å². The lowest BCUT2D eigenvalue weighted by Gasteiger charge is -2.30. The summed E-state index contributed by atoms with van der Waals surface area (Å²) in [5.41, 5.74) is 0.0331. The van der Waals surface area contributed by atoms with Crippen molar-refractivity contribution < 1.29 is 81.0 Å². The Morgan fingerprint density at radius 2 is 0.779 bits per heavy atom. The standard InChI is InChI=1S/C51H66O17/c1-3-44(53)61-27-5-7-29-63-46(55)33-17-21-40(22-18-33)65-48(57)35-9-11-37(12-10-35)50(59)67-42-25-26-43(39(31-42)32-52)68-51(60)38-15-13-36(14-16-38)49(58)66-41-23-19-34(20-24-41)47(56)64-30-8-6-28-62-45(54)4-2/h3-4,25-26,31-38,40-41H,1-2,5-24,27-30H2/t33-,34-,35-,36-,37-,38-,40-,41-. The predicted octanol–water partition coefficient (Wildman–Crippen LogP) is 7.23. The van der Waals surface area contributed by atoms with Crippen molar-refractivity contribution in [1.82, 2.24) is 0 Å². The van der Waals surface area contributed by atoms with Crippen LogP contribution in [0.5, 0.6) is 11.5 Å². The minimum Gasteiger partial charge on any atom is -0.465 e. The molecule has 1 aromatic carbocycles. The molecule has 0 heterocycles. The molecule has 0 radical (unpaired) electrons. The van der Waals surface area contributed by atoms with Gasteiger partial charge in [0.1, 0.15) is 23.7 Å². The fraction of sp³-hybridized carbons (Fsp3) is 0.627. The summed E-state index contributed by atoms with van der Waals surface area (Å²) in [6, 6.07) is 4.21. The average Bonchev–Trinajstić information content (AvgIpc) is 3.36. The highest BCUT2D eigenvalue weighted by Crippen LogP contribution is 2.36. The van der Waals surface area contributed by atoms with Crippen LogP contribution in [0.25, 0.3) is 0 Å². The van der Waals surface area contributed by atoms with E-state index >= 15 is 0 Å². The maximum atomic E-state index is 13.2. The molecule has 0 saturated heterocycles. The molecular weight excluding hydrogens is 885 g/mol. The molecule has 5 rings (SSSR count). The van der Waals surface area contributed by atoms with Gasteiger partial charge in [-0.2, -0.15) is 0 Å². The molecule has 4 saturated carbocycles. The van der Waals surface area contributed by atoms with Crippen LogP contribution in [0.2, 0.25) is 0 Å². The van der Waals surface area contributed by atoms with Crippen molar-refractivity contribution in [2.75, 3.05) is 26.4 Å². The number of hydrogen-bond acceptors (Lipinski definition) is 17. The largest absolute Gasteiger partial charge is 0.465 e. The zero-order valence-electron chi connectivity index (χ0n) is 38.9. The normalized spacial score (nSPS) is 24.6. The third kappa shape index (κ3) is 17.0. The Kier molecular flexibility index (Phi) is 21.7. The molecule has 17 nitrogen and oxygen atoms in total. The summed E-state index contributed by atoms with van der Waals surface area (Å²) in [7, 11) is 0. The van der Waals surface area contributed by atoms with Gasteiger partial charge in [-0.3, -0.25) is 33.6 Å². The first-order valence-electron chi connectivity index (χ1n) is 24.2. The highest BCUT2D eigenvalue weighted by molar-refractivity contribution is 5.85. The van der Waals surface area contributed by atoms with Gasteiger partial charge in [0.05, 0.1) is 67.5 Å². The highest BCUT2D eigenvalue weighted by atomic mass is 16.6. The lowest BCUT2D eigenvalue weighted by molar-refractivity contribution is -0.161. The first-order valence-corrected chi connectivity index (χ1v) is 24.2. The van der Waals surface area contributed by atoms with Crippen LogP contribution in [0.1, 0.15) is 139 Å². The van der Waals surface area contributed by atoms with Crippen molar-refractivity contribution in [3.63, 3.8) is 0 Å². The SMILES string of the molecule is C=CC(=O)OCCCCOC(=O)[C@H]1CC[C@H](OC(=O)[C@H]2CC[C@H](C(=O)Oc3ccc(OC(=O)[C@H]4CC[C@H](C(=O)O[C@H]5CC[C@H](C(=O)OCCCCOC(=O)C=C)CC5)CC4)c(C=O)c3)CC2)CC1. The molecule has 0 aromatic heterocycles. The third-order valence-corrected chi connectivity index (χ3v) is 13.3. The molecule has 0 bridgehead atoms. The molecule has 17 heteroatoms. The molecular formula is C51H66O17. The van der Waals surface area contributed by atoms with Crippen LogP contribution in [0.4, 0.5) is 0 Å². The van der Waals surface area contributed by atoms with E-state index in [1.165, 1.54) is 18.2 Å². The van der Waals surface area contributed by atoms with Gasteiger partial charge in [-0.05, 0) is 147 Å². The summed E-state index contributed by atoms with van der Waals surface area (Å²) >= 11 is 0. The number of unbranched alkanes of at least 4 members (excludes halogenated alkanes) is 2. The van der Waals surface area contributed by atoms with Gasteiger partial charge in [0.2, 0.25) is 0 Å². The van der Waals surface area contributed by atoms with E-state index in [1.807, 2.05) is 0 Å². The van der Waals surface area contributed by atoms with E-state index in [9.17, 15) is 43.2 Å². The molecule has 1 aromatic rings. The van der Waals surface area contributed by atoms with E-state index in [1.54, 1.807) is 0 Å². The Morgan fingerprint density at radius 3 is 1.16 bits per heavy atom. The van der Waals surface area contributed by atoms with Gasteiger partial charge in [-0.15, -0.1) is 0 Å². The topological polar surface area (TPSA) is 227 Å². The number of aldehydes is 1. The van der Waals surface area contributed by atoms with Crippen molar-refractivity contribution >= 4 is 54.0 Å². The van der Waals surface area contributed by atoms with Crippen LogP contribution in [-0.2, 0) is 66.8 Å². The van der Waals surface area contributed by atoms with Crippen molar-refractivity contribution in [2.45, 2.75) is 141 Å². The van der Waals surface area contributed by atoms with Crippen molar-refractivity contribution in [1.29, 1.82) is 0 Å². The van der Waals surface area contributed by atoms with E-state index in [0.717, 1.165) is 12.2 Å². The van der Waals surface area contributed by atoms with E-state index in [2.05, 4.69) is 13.2 Å². The Hall–Kier alpha value is -5.87. The molecule has 372 valence electrons. The van der Waals surface area contributed by atoms with E-state index in [-0.39, 0.29) is 103 Å². The Labute approximate surface area is 397 Å². The van der Waals surface area contributed by atoms with Crippen LogP contribution in [0.15, 0.2) is 43.5 Å². The molecule has 0 aliphatic heterocycles. The first kappa shape index (κ1) is 53.1. The summed E-state index contributed by atoms with van der Waals surface area (Å²) in [6.07, 6.45) is 12.3. The van der Waals surface area contributed by atoms with Gasteiger partial charge in [-0.1, -0.05) is 13.2 Å². The fourth-order valence-electron chi connectivity index (χ4n) is 9.10. The summed E-state index contributed by atoms with van der Waals surface area (Å²) in [4.78, 5) is 112. The van der Waals surface area contributed by atoms with Crippen molar-refractivity contribution in [3.8, 4) is 11.5 Å². The summed E-state index contributed by atoms with van der Waals surface area (Å²) in [6.45, 7) is 7.62. The highest BCUT2D eigenvalue weighted by Gasteiger charge is 2.37.